The van der Waals surface area contributed by atoms with Crippen molar-refractivity contribution in [2.45, 2.75) is 11.8 Å². The maximum absolute atomic E-state index is 13.2. The van der Waals surface area contributed by atoms with Crippen LogP contribution in [0.1, 0.15) is 27.6 Å². The van der Waals surface area contributed by atoms with Crippen molar-refractivity contribution in [3.05, 3.63) is 53.6 Å². The molecule has 166 valence electrons. The molecule has 0 bridgehead atoms. The fourth-order valence-electron chi connectivity index (χ4n) is 2.83. The van der Waals surface area contributed by atoms with Gasteiger partial charge in [-0.3, -0.25) is 14.5 Å². The van der Waals surface area contributed by atoms with Gasteiger partial charge in [-0.25, -0.2) is 13.4 Å². The van der Waals surface area contributed by atoms with Gasteiger partial charge < -0.3 is 4.90 Å². The zero-order valence-corrected chi connectivity index (χ0v) is 20.1. The Morgan fingerprint density at radius 2 is 1.61 bits per heavy atom. The summed E-state index contributed by atoms with van der Waals surface area (Å²) >= 11 is 1.28. The highest BCUT2D eigenvalue weighted by Crippen LogP contribution is 2.31. The second-order valence-corrected chi connectivity index (χ2v) is 10.3. The highest BCUT2D eigenvalue weighted by molar-refractivity contribution is 7.90. The maximum Gasteiger partial charge on any atom is 0.260 e. The first-order valence-electron chi connectivity index (χ1n) is 9.24. The van der Waals surface area contributed by atoms with Crippen LogP contribution < -0.4 is 4.90 Å². The van der Waals surface area contributed by atoms with Crippen molar-refractivity contribution in [3.8, 4) is 0 Å². The second-order valence-electron chi connectivity index (χ2n) is 7.29. The van der Waals surface area contributed by atoms with Crippen LogP contribution in [0.25, 0.3) is 10.2 Å². The van der Waals surface area contributed by atoms with E-state index in [1.165, 1.54) is 24.3 Å². The Morgan fingerprint density at radius 1 is 1.00 bits per heavy atom. The molecule has 2 aromatic carbocycles. The Balaban J connectivity index is 0.00000341. The molecule has 0 unspecified atom stereocenters. The Hall–Kier alpha value is -2.33. The fraction of sp³-hybridized carbons (Fsp3) is 0.286. The summed E-state index contributed by atoms with van der Waals surface area (Å²) in [6.07, 6.45) is 1.16. The van der Waals surface area contributed by atoms with E-state index in [4.69, 9.17) is 0 Å². The molecule has 0 atom stereocenters. The lowest BCUT2D eigenvalue weighted by Crippen LogP contribution is -2.36. The number of nitrogens with zero attached hydrogens (tertiary/aromatic N) is 3. The number of likely N-dealkylation sites (N-methyl/N-ethyl adjacent to an activating group) is 1. The zero-order valence-electron chi connectivity index (χ0n) is 17.7. The van der Waals surface area contributed by atoms with Gasteiger partial charge in [-0.1, -0.05) is 23.5 Å². The molecule has 1 aromatic heterocycles. The highest BCUT2D eigenvalue weighted by Gasteiger charge is 2.22. The normalized spacial score (nSPS) is 11.4. The molecule has 0 fully saturated rings. The standard InChI is InChI=1S/C21H23N3O4S2.ClH/c1-14(25)15-5-7-16(8-6-15)20(26)24(12-11-23(2)3)21-22-18-10-9-17(30(4,27)28)13-19(18)29-21;/h5-10,13H,11-12H2,1-4H3;1H. The number of hydrogen-bond acceptors (Lipinski definition) is 7. The van der Waals surface area contributed by atoms with Crippen molar-refractivity contribution in [1.29, 1.82) is 0 Å². The zero-order chi connectivity index (χ0) is 22.1. The molecule has 1 heterocycles. The molecule has 0 spiro atoms. The van der Waals surface area contributed by atoms with Gasteiger partial charge in [0.05, 0.1) is 15.1 Å². The van der Waals surface area contributed by atoms with Crippen LogP contribution in [0, 0.1) is 0 Å². The summed E-state index contributed by atoms with van der Waals surface area (Å²) in [6.45, 7) is 2.52. The van der Waals surface area contributed by atoms with E-state index in [0.717, 1.165) is 6.26 Å². The van der Waals surface area contributed by atoms with Gasteiger partial charge in [-0.05, 0) is 51.4 Å². The third-order valence-electron chi connectivity index (χ3n) is 4.56. The molecule has 0 aliphatic carbocycles. The monoisotopic (exact) mass is 481 g/mol. The van der Waals surface area contributed by atoms with Gasteiger partial charge in [0.15, 0.2) is 20.8 Å². The van der Waals surface area contributed by atoms with E-state index in [9.17, 15) is 18.0 Å². The Bertz CT molecular complexity index is 1210. The summed E-state index contributed by atoms with van der Waals surface area (Å²) < 4.78 is 24.4. The molecule has 31 heavy (non-hydrogen) atoms. The highest BCUT2D eigenvalue weighted by atomic mass is 35.5. The summed E-state index contributed by atoms with van der Waals surface area (Å²) in [6, 6.07) is 11.3. The summed E-state index contributed by atoms with van der Waals surface area (Å²) in [5.74, 6) is -0.291. The van der Waals surface area contributed by atoms with Crippen molar-refractivity contribution in [2.24, 2.45) is 0 Å². The van der Waals surface area contributed by atoms with Crippen molar-refractivity contribution in [3.63, 3.8) is 0 Å². The quantitative estimate of drug-likeness (QED) is 0.480. The number of thiazole rings is 1. The van der Waals surface area contributed by atoms with Crippen LogP contribution in [0.4, 0.5) is 5.13 Å². The van der Waals surface area contributed by atoms with Crippen molar-refractivity contribution in [1.82, 2.24) is 9.88 Å². The lowest BCUT2D eigenvalue weighted by molar-refractivity contribution is 0.0981. The predicted octanol–water partition coefficient (Wildman–Crippen LogP) is 3.53. The molecule has 0 saturated heterocycles. The van der Waals surface area contributed by atoms with Gasteiger partial charge in [0.25, 0.3) is 5.91 Å². The van der Waals surface area contributed by atoms with E-state index in [0.29, 0.717) is 39.6 Å². The number of ketones is 1. The van der Waals surface area contributed by atoms with Crippen molar-refractivity contribution >= 4 is 60.6 Å². The smallest absolute Gasteiger partial charge is 0.260 e. The third kappa shape index (κ3) is 5.88. The van der Waals surface area contributed by atoms with E-state index >= 15 is 0 Å². The fourth-order valence-corrected chi connectivity index (χ4v) is 4.58. The molecule has 0 aliphatic rings. The molecule has 0 saturated carbocycles. The van der Waals surface area contributed by atoms with E-state index in [1.54, 1.807) is 41.3 Å². The summed E-state index contributed by atoms with van der Waals surface area (Å²) in [5.41, 5.74) is 1.63. The SMILES string of the molecule is CC(=O)c1ccc(C(=O)N(CCN(C)C)c2nc3ccc(S(C)(=O)=O)cc3s2)cc1.Cl. The molecule has 1 amide bonds. The van der Waals surface area contributed by atoms with Crippen LogP contribution in [0.5, 0.6) is 0 Å². The molecule has 3 rings (SSSR count). The summed E-state index contributed by atoms with van der Waals surface area (Å²) in [5, 5.41) is 0.498. The molecule has 0 N–H and O–H groups in total. The van der Waals surface area contributed by atoms with Crippen LogP contribution >= 0.6 is 23.7 Å². The number of carbonyl (C=O) groups excluding carboxylic acids is 2. The second kappa shape index (κ2) is 9.86. The number of hydrogen-bond donors (Lipinski definition) is 0. The first-order chi connectivity index (χ1) is 14.1. The number of carbonyl (C=O) groups is 2. The van der Waals surface area contributed by atoms with Crippen molar-refractivity contribution < 1.29 is 18.0 Å². The molecule has 10 heteroatoms. The lowest BCUT2D eigenvalue weighted by Gasteiger charge is -2.22. The number of rotatable bonds is 7. The average Bonchev–Trinajstić information content (AvgIpc) is 3.10. The Labute approximate surface area is 192 Å². The van der Waals surface area contributed by atoms with Crippen molar-refractivity contribution in [2.75, 3.05) is 38.3 Å². The number of benzene rings is 2. The van der Waals surface area contributed by atoms with Crippen LogP contribution in [-0.2, 0) is 9.84 Å². The topological polar surface area (TPSA) is 87.7 Å². The van der Waals surface area contributed by atoms with E-state index in [2.05, 4.69) is 4.98 Å². The van der Waals surface area contributed by atoms with E-state index in [1.807, 2.05) is 19.0 Å². The molecular weight excluding hydrogens is 458 g/mol. The van der Waals surface area contributed by atoms with Gasteiger partial charge in [0.2, 0.25) is 0 Å². The number of amides is 1. The van der Waals surface area contributed by atoms with Gasteiger partial charge in [0.1, 0.15) is 0 Å². The van der Waals surface area contributed by atoms with Crippen LogP contribution in [0.3, 0.4) is 0 Å². The number of halogens is 1. The van der Waals surface area contributed by atoms with Gasteiger partial charge in [-0.2, -0.15) is 0 Å². The molecule has 0 aliphatic heterocycles. The van der Waals surface area contributed by atoms with E-state index in [-0.39, 0.29) is 29.0 Å². The molecular formula is C21H24ClN3O4S2. The van der Waals surface area contributed by atoms with Gasteiger partial charge in [0, 0.05) is 30.5 Å². The first-order valence-corrected chi connectivity index (χ1v) is 12.0. The average molecular weight is 482 g/mol. The predicted molar refractivity (Wildman–Crippen MR) is 127 cm³/mol. The number of anilines is 1. The number of Topliss-reactive ketones (excluding diaryl/α,β-unsaturated/α-hetero) is 1. The third-order valence-corrected chi connectivity index (χ3v) is 6.71. The molecule has 0 radical (unpaired) electrons. The van der Waals surface area contributed by atoms with Crippen LogP contribution in [-0.4, -0.2) is 63.4 Å². The maximum atomic E-state index is 13.2. The lowest BCUT2D eigenvalue weighted by atomic mass is 10.1. The van der Waals surface area contributed by atoms with Crippen LogP contribution in [0.15, 0.2) is 47.4 Å². The van der Waals surface area contributed by atoms with Gasteiger partial charge in [-0.15, -0.1) is 12.4 Å². The first kappa shape index (κ1) is 24.9. The minimum atomic E-state index is -3.33. The minimum Gasteiger partial charge on any atom is -0.308 e. The number of fused-ring (bicyclic) bond motifs is 1. The summed E-state index contributed by atoms with van der Waals surface area (Å²) in [4.78, 5) is 33.1. The number of aromatic nitrogens is 1. The van der Waals surface area contributed by atoms with E-state index < -0.39 is 9.84 Å². The van der Waals surface area contributed by atoms with Gasteiger partial charge >= 0.3 is 0 Å². The number of sulfone groups is 1. The molecule has 7 nitrogen and oxygen atoms in total. The largest absolute Gasteiger partial charge is 0.308 e. The molecule has 3 aromatic rings. The minimum absolute atomic E-state index is 0. The Kier molecular flexibility index (Phi) is 7.93. The summed E-state index contributed by atoms with van der Waals surface area (Å²) in [7, 11) is 0.502. The van der Waals surface area contributed by atoms with Crippen LogP contribution in [0.2, 0.25) is 0 Å². The Morgan fingerprint density at radius 3 is 2.16 bits per heavy atom.